The molecule has 0 fully saturated rings. The normalized spacial score (nSPS) is 17.9. The third-order valence-electron chi connectivity index (χ3n) is 4.65. The van der Waals surface area contributed by atoms with Crippen LogP contribution in [0.4, 0.5) is 0 Å². The van der Waals surface area contributed by atoms with Crippen molar-refractivity contribution in [1.29, 1.82) is 0 Å². The van der Waals surface area contributed by atoms with Gasteiger partial charge in [0.05, 0.1) is 15.1 Å². The zero-order valence-electron chi connectivity index (χ0n) is 18.0. The van der Waals surface area contributed by atoms with E-state index in [9.17, 15) is 0 Å². The summed E-state index contributed by atoms with van der Waals surface area (Å²) in [6.45, 7) is 23.2. The average Bonchev–Trinajstić information content (AvgIpc) is 2.02. The molecule has 0 N–H and O–H groups in total. The minimum absolute atomic E-state index is 0.0945. The molecule has 0 aromatic carbocycles. The van der Waals surface area contributed by atoms with Gasteiger partial charge in [-0.1, -0.05) is 62.3 Å². The lowest BCUT2D eigenvalue weighted by atomic mass is 9.63. The van der Waals surface area contributed by atoms with Crippen LogP contribution in [0.2, 0.25) is 0 Å². The third kappa shape index (κ3) is 9.69. The van der Waals surface area contributed by atoms with E-state index in [1.807, 2.05) is 6.92 Å². The first-order valence-corrected chi connectivity index (χ1v) is 11.3. The highest BCUT2D eigenvalue weighted by Gasteiger charge is 2.45. The Bertz CT molecular complexity index is 410. The average molecular weight is 416 g/mol. The molecule has 0 saturated heterocycles. The maximum Gasteiger partial charge on any atom is 0.115 e. The molecule has 0 aliphatic heterocycles. The van der Waals surface area contributed by atoms with Crippen LogP contribution in [0.3, 0.4) is 0 Å². The predicted octanol–water partition coefficient (Wildman–Crippen LogP) is 7.17. The first-order chi connectivity index (χ1) is 10.1. The van der Waals surface area contributed by atoms with Gasteiger partial charge >= 0.3 is 0 Å². The summed E-state index contributed by atoms with van der Waals surface area (Å²) < 4.78 is -0.804. The van der Waals surface area contributed by atoms with Crippen LogP contribution in [0.5, 0.6) is 0 Å². The Morgan fingerprint density at radius 3 is 1.12 bits per heavy atom. The van der Waals surface area contributed by atoms with Gasteiger partial charge in [0.1, 0.15) is 3.96 Å². The van der Waals surface area contributed by atoms with Gasteiger partial charge in [0.15, 0.2) is 0 Å². The molecule has 4 heteroatoms. The van der Waals surface area contributed by atoms with Crippen LogP contribution in [0, 0.1) is 21.7 Å². The number of rotatable bonds is 8. The molecule has 0 aliphatic rings. The lowest BCUT2D eigenvalue weighted by molar-refractivity contribution is 0.0871. The second kappa shape index (κ2) is 7.61. The van der Waals surface area contributed by atoms with Gasteiger partial charge < -0.3 is 0 Å². The van der Waals surface area contributed by atoms with Crippen LogP contribution >= 0.6 is 34.8 Å². The Morgan fingerprint density at radius 1 is 0.542 bits per heavy atom. The fraction of sp³-hybridized carbons (Fsp3) is 1.00. The molecule has 0 aromatic rings. The van der Waals surface area contributed by atoms with E-state index >= 15 is 0 Å². The molecule has 0 saturated carbocycles. The summed E-state index contributed by atoms with van der Waals surface area (Å²) in [6, 6.07) is 0. The fourth-order valence-electron chi connectivity index (χ4n) is 5.27. The zero-order valence-corrected chi connectivity index (χ0v) is 22.2. The molecule has 0 radical (unpaired) electrons. The van der Waals surface area contributed by atoms with Gasteiger partial charge in [0, 0.05) is 0 Å². The molecule has 0 spiro atoms. The van der Waals surface area contributed by atoms with Gasteiger partial charge in [-0.2, -0.15) is 0 Å². The molecule has 1 atom stereocenters. The van der Waals surface area contributed by atoms with E-state index in [0.29, 0.717) is 21.1 Å². The van der Waals surface area contributed by atoms with Crippen molar-refractivity contribution in [3.63, 3.8) is 0 Å². The summed E-state index contributed by atoms with van der Waals surface area (Å²) in [4.78, 5) is -0.581. The van der Waals surface area contributed by atoms with E-state index in [1.54, 1.807) is 0 Å². The van der Waals surface area contributed by atoms with Crippen LogP contribution in [0.15, 0.2) is 0 Å². The van der Waals surface area contributed by atoms with Crippen molar-refractivity contribution in [3.05, 3.63) is 0 Å². The molecule has 1 unspecified atom stereocenters. The predicted molar refractivity (Wildman–Crippen MR) is 118 cm³/mol. The maximum absolute atomic E-state index is 6.72. The van der Waals surface area contributed by atoms with Crippen molar-refractivity contribution in [2.24, 2.45) is 21.7 Å². The third-order valence-corrected chi connectivity index (χ3v) is 7.61. The Balaban J connectivity index is 5.08. The molecule has 0 bridgehead atoms. The van der Waals surface area contributed by atoms with Crippen LogP contribution in [0.25, 0.3) is 0 Å². The summed E-state index contributed by atoms with van der Waals surface area (Å²) in [6.07, 6.45) is 4.36. The van der Waals surface area contributed by atoms with Gasteiger partial charge in [0.2, 0.25) is 0 Å². The van der Waals surface area contributed by atoms with E-state index in [1.165, 1.54) is 12.8 Å². The lowest BCUT2D eigenvalue weighted by Gasteiger charge is -2.45. The van der Waals surface area contributed by atoms with Gasteiger partial charge in [-0.3, -0.25) is 0 Å². The van der Waals surface area contributed by atoms with E-state index in [0.717, 1.165) is 12.8 Å². The van der Waals surface area contributed by atoms with E-state index in [2.05, 4.69) is 62.3 Å². The standard InChI is InChI=1S/C20H41Cl3Si/c1-15(2,3)11-16(4,5)12-17(6,7)13-18(8,9)14-19(10,21)20(22,23)24/h11-14H2,1-10,24H3. The Morgan fingerprint density at radius 2 is 0.833 bits per heavy atom. The number of halogens is 3. The zero-order chi connectivity index (χ0) is 19.8. The Kier molecular flexibility index (Phi) is 7.95. The van der Waals surface area contributed by atoms with Crippen LogP contribution in [-0.4, -0.2) is 19.1 Å². The summed E-state index contributed by atoms with van der Waals surface area (Å²) in [5, 5.41) is 0. The van der Waals surface area contributed by atoms with E-state index < -0.39 is 8.83 Å². The number of hydrogen-bond acceptors (Lipinski definition) is 0. The molecular weight excluding hydrogens is 375 g/mol. The van der Waals surface area contributed by atoms with E-state index in [-0.39, 0.29) is 10.8 Å². The highest BCUT2D eigenvalue weighted by molar-refractivity contribution is 6.68. The van der Waals surface area contributed by atoms with Crippen molar-refractivity contribution >= 4 is 45.0 Å². The Labute approximate surface area is 170 Å². The smallest absolute Gasteiger partial charge is 0.115 e. The van der Waals surface area contributed by atoms with Gasteiger partial charge in [-0.25, -0.2) is 0 Å². The largest absolute Gasteiger partial charge is 0.117 e. The summed E-state index contributed by atoms with van der Waals surface area (Å²) in [7, 11) is 0.659. The molecule has 24 heavy (non-hydrogen) atoms. The summed E-state index contributed by atoms with van der Waals surface area (Å²) in [5.74, 6) is 0. The molecule has 0 nitrogen and oxygen atoms in total. The SMILES string of the molecule is CC(C)(C)CC(C)(C)CC(C)(C)CC(C)(C)CC(C)(Cl)C([SiH3])(Cl)Cl. The van der Waals surface area contributed by atoms with Gasteiger partial charge in [-0.15, -0.1) is 34.8 Å². The highest BCUT2D eigenvalue weighted by Crippen LogP contribution is 2.51. The minimum Gasteiger partial charge on any atom is -0.117 e. The molecule has 0 aromatic heterocycles. The fourth-order valence-corrected chi connectivity index (χ4v) is 5.94. The van der Waals surface area contributed by atoms with Crippen LogP contribution in [-0.2, 0) is 0 Å². The second-order valence-electron chi connectivity index (χ2n) is 11.8. The van der Waals surface area contributed by atoms with Crippen molar-refractivity contribution in [2.45, 2.75) is 104 Å². The highest BCUT2D eigenvalue weighted by atomic mass is 35.5. The molecule has 0 amide bonds. The van der Waals surface area contributed by atoms with Crippen molar-refractivity contribution < 1.29 is 0 Å². The van der Waals surface area contributed by atoms with Crippen LogP contribution in [0.1, 0.15) is 94.9 Å². The van der Waals surface area contributed by atoms with Crippen molar-refractivity contribution in [3.8, 4) is 0 Å². The van der Waals surface area contributed by atoms with Gasteiger partial charge in [-0.05, 0) is 54.3 Å². The second-order valence-corrected chi connectivity index (χ2v) is 17.2. The minimum atomic E-state index is -0.804. The molecular formula is C20H41Cl3Si. The molecule has 146 valence electrons. The maximum atomic E-state index is 6.72. The molecule has 0 rings (SSSR count). The van der Waals surface area contributed by atoms with Gasteiger partial charge in [0.25, 0.3) is 0 Å². The first kappa shape index (κ1) is 25.1. The number of hydrogen-bond donors (Lipinski definition) is 0. The summed E-state index contributed by atoms with van der Waals surface area (Å²) >= 11 is 19.5. The Hall–Kier alpha value is 1.09. The summed E-state index contributed by atoms with van der Waals surface area (Å²) in [5.41, 5.74) is 1.02. The quantitative estimate of drug-likeness (QED) is 0.291. The van der Waals surface area contributed by atoms with Crippen molar-refractivity contribution in [2.75, 3.05) is 0 Å². The topological polar surface area (TPSA) is 0 Å². The molecule has 0 aliphatic carbocycles. The number of alkyl halides is 3. The monoisotopic (exact) mass is 414 g/mol. The lowest BCUT2D eigenvalue weighted by Crippen LogP contribution is -2.43. The van der Waals surface area contributed by atoms with Crippen molar-refractivity contribution in [1.82, 2.24) is 0 Å². The van der Waals surface area contributed by atoms with E-state index in [4.69, 9.17) is 34.8 Å². The molecule has 0 heterocycles. The van der Waals surface area contributed by atoms with Crippen LogP contribution < -0.4 is 0 Å². The first-order valence-electron chi connectivity index (χ1n) is 9.15.